The van der Waals surface area contributed by atoms with E-state index < -0.39 is 0 Å². The van der Waals surface area contributed by atoms with Crippen LogP contribution in [0.15, 0.2) is 34.0 Å². The minimum absolute atomic E-state index is 0. The number of carbonyl (C=O) groups is 1. The maximum absolute atomic E-state index is 12.4. The molecular formula is C17H23IN4OS2. The van der Waals surface area contributed by atoms with Gasteiger partial charge in [-0.2, -0.15) is 0 Å². The number of guanidine groups is 1. The van der Waals surface area contributed by atoms with Gasteiger partial charge in [-0.05, 0) is 34.9 Å². The SMILES string of the molecule is CN=C(NCCC(=O)N1CCc2sccc2C1)NCc1cccs1.I. The Morgan fingerprint density at radius 3 is 2.92 bits per heavy atom. The Morgan fingerprint density at radius 2 is 2.16 bits per heavy atom. The number of fused-ring (bicyclic) bond motifs is 1. The second kappa shape index (κ2) is 10.1. The number of thiophene rings is 2. The highest BCUT2D eigenvalue weighted by molar-refractivity contribution is 14.0. The maximum Gasteiger partial charge on any atom is 0.224 e. The van der Waals surface area contributed by atoms with Crippen molar-refractivity contribution >= 4 is 58.5 Å². The van der Waals surface area contributed by atoms with Crippen LogP contribution in [0, 0.1) is 0 Å². The molecule has 136 valence electrons. The summed E-state index contributed by atoms with van der Waals surface area (Å²) in [6, 6.07) is 6.26. The number of hydrogen-bond acceptors (Lipinski definition) is 4. The highest BCUT2D eigenvalue weighted by Gasteiger charge is 2.20. The second-order valence-electron chi connectivity index (χ2n) is 5.62. The fraction of sp³-hybridized carbons (Fsp3) is 0.412. The lowest BCUT2D eigenvalue weighted by Crippen LogP contribution is -2.40. The first-order valence-corrected chi connectivity index (χ1v) is 9.82. The molecule has 2 aromatic heterocycles. The third-order valence-electron chi connectivity index (χ3n) is 4.03. The molecule has 2 N–H and O–H groups in total. The summed E-state index contributed by atoms with van der Waals surface area (Å²) in [7, 11) is 1.74. The van der Waals surface area contributed by atoms with Gasteiger partial charge < -0.3 is 15.5 Å². The van der Waals surface area contributed by atoms with Crippen LogP contribution in [0.3, 0.4) is 0 Å². The quantitative estimate of drug-likeness (QED) is 0.385. The van der Waals surface area contributed by atoms with Crippen LogP contribution in [0.5, 0.6) is 0 Å². The number of hydrogen-bond donors (Lipinski definition) is 2. The Labute approximate surface area is 173 Å². The normalized spacial score (nSPS) is 13.8. The fourth-order valence-corrected chi connectivity index (χ4v) is 4.25. The monoisotopic (exact) mass is 490 g/mol. The number of nitrogens with one attached hydrogen (secondary N) is 2. The van der Waals surface area contributed by atoms with Gasteiger partial charge in [0.2, 0.25) is 5.91 Å². The van der Waals surface area contributed by atoms with Crippen LogP contribution in [-0.2, 0) is 24.3 Å². The topological polar surface area (TPSA) is 56.7 Å². The predicted molar refractivity (Wildman–Crippen MR) is 116 cm³/mol. The van der Waals surface area contributed by atoms with Crippen LogP contribution in [0.4, 0.5) is 0 Å². The van der Waals surface area contributed by atoms with Gasteiger partial charge in [-0.1, -0.05) is 6.07 Å². The van der Waals surface area contributed by atoms with Gasteiger partial charge in [0.25, 0.3) is 0 Å². The fourth-order valence-electron chi connectivity index (χ4n) is 2.71. The number of aliphatic imine (C=N–C) groups is 1. The first-order valence-electron chi connectivity index (χ1n) is 8.06. The highest BCUT2D eigenvalue weighted by Crippen LogP contribution is 2.24. The Bertz CT molecular complexity index is 699. The molecule has 0 spiro atoms. The van der Waals surface area contributed by atoms with Gasteiger partial charge in [0.05, 0.1) is 6.54 Å². The Hall–Kier alpha value is -1.13. The summed E-state index contributed by atoms with van der Waals surface area (Å²) in [6.45, 7) is 2.93. The molecule has 8 heteroatoms. The van der Waals surface area contributed by atoms with Gasteiger partial charge in [0, 0.05) is 42.9 Å². The Balaban J connectivity index is 0.00000225. The largest absolute Gasteiger partial charge is 0.356 e. The summed E-state index contributed by atoms with van der Waals surface area (Å²) in [5.74, 6) is 0.933. The van der Waals surface area contributed by atoms with Crippen LogP contribution in [-0.4, -0.2) is 36.9 Å². The summed E-state index contributed by atoms with van der Waals surface area (Å²) in [5.41, 5.74) is 1.31. The van der Waals surface area contributed by atoms with Gasteiger partial charge in [-0.15, -0.1) is 46.7 Å². The molecule has 0 unspecified atom stereocenters. The van der Waals surface area contributed by atoms with E-state index in [1.165, 1.54) is 15.3 Å². The lowest BCUT2D eigenvalue weighted by Gasteiger charge is -2.27. The Kier molecular flexibility index (Phi) is 8.17. The van der Waals surface area contributed by atoms with E-state index in [0.717, 1.165) is 32.0 Å². The molecule has 5 nitrogen and oxygen atoms in total. The zero-order valence-corrected chi connectivity index (χ0v) is 18.1. The molecule has 0 aliphatic carbocycles. The summed E-state index contributed by atoms with van der Waals surface area (Å²) < 4.78 is 0. The van der Waals surface area contributed by atoms with E-state index in [1.54, 1.807) is 29.7 Å². The van der Waals surface area contributed by atoms with E-state index in [9.17, 15) is 4.79 Å². The molecular weight excluding hydrogens is 467 g/mol. The molecule has 0 radical (unpaired) electrons. The van der Waals surface area contributed by atoms with Gasteiger partial charge in [0.15, 0.2) is 5.96 Å². The minimum Gasteiger partial charge on any atom is -0.356 e. The minimum atomic E-state index is 0. The lowest BCUT2D eigenvalue weighted by molar-refractivity contribution is -0.131. The van der Waals surface area contributed by atoms with Gasteiger partial charge in [-0.25, -0.2) is 0 Å². The first-order chi connectivity index (χ1) is 11.8. The molecule has 25 heavy (non-hydrogen) atoms. The molecule has 1 aliphatic rings. The first kappa shape index (κ1) is 20.2. The summed E-state index contributed by atoms with van der Waals surface area (Å²) >= 11 is 3.51. The number of nitrogens with zero attached hydrogens (tertiary/aromatic N) is 2. The van der Waals surface area contributed by atoms with Crippen LogP contribution >= 0.6 is 46.7 Å². The smallest absolute Gasteiger partial charge is 0.224 e. The van der Waals surface area contributed by atoms with Crippen LogP contribution in [0.25, 0.3) is 0 Å². The third kappa shape index (κ3) is 5.68. The zero-order valence-electron chi connectivity index (χ0n) is 14.2. The van der Waals surface area contributed by atoms with Crippen molar-refractivity contribution in [1.82, 2.24) is 15.5 Å². The standard InChI is InChI=1S/C17H22N4OS2.HI/c1-18-17(20-11-14-3-2-9-23-14)19-7-4-16(22)21-8-5-15-13(12-21)6-10-24-15;/h2-3,6,9-10H,4-5,7-8,11-12H2,1H3,(H2,18,19,20);1H. The molecule has 0 saturated heterocycles. The van der Waals surface area contributed by atoms with Crippen molar-refractivity contribution in [3.63, 3.8) is 0 Å². The lowest BCUT2D eigenvalue weighted by atomic mass is 10.1. The third-order valence-corrected chi connectivity index (χ3v) is 5.92. The molecule has 3 heterocycles. The van der Waals surface area contributed by atoms with Crippen molar-refractivity contribution < 1.29 is 4.79 Å². The van der Waals surface area contributed by atoms with E-state index in [4.69, 9.17) is 0 Å². The summed E-state index contributed by atoms with van der Waals surface area (Å²) in [6.07, 6.45) is 1.47. The van der Waals surface area contributed by atoms with Crippen molar-refractivity contribution in [3.8, 4) is 0 Å². The molecule has 1 aliphatic heterocycles. The molecule has 2 aromatic rings. The van der Waals surface area contributed by atoms with E-state index in [1.807, 2.05) is 11.0 Å². The average molecular weight is 490 g/mol. The number of carbonyl (C=O) groups excluding carboxylic acids is 1. The maximum atomic E-state index is 12.4. The van der Waals surface area contributed by atoms with Crippen LogP contribution in [0.1, 0.15) is 21.7 Å². The predicted octanol–water partition coefficient (Wildman–Crippen LogP) is 3.07. The van der Waals surface area contributed by atoms with E-state index in [-0.39, 0.29) is 29.9 Å². The van der Waals surface area contributed by atoms with Crippen molar-refractivity contribution in [2.45, 2.75) is 25.9 Å². The number of halogens is 1. The van der Waals surface area contributed by atoms with E-state index in [2.05, 4.69) is 38.5 Å². The van der Waals surface area contributed by atoms with Crippen LogP contribution in [0.2, 0.25) is 0 Å². The molecule has 1 amide bonds. The average Bonchev–Trinajstić information content (AvgIpc) is 3.28. The molecule has 3 rings (SSSR count). The number of amides is 1. The molecule has 0 aromatic carbocycles. The summed E-state index contributed by atoms with van der Waals surface area (Å²) in [5, 5.41) is 10.6. The second-order valence-corrected chi connectivity index (χ2v) is 7.65. The highest BCUT2D eigenvalue weighted by atomic mass is 127. The van der Waals surface area contributed by atoms with Gasteiger partial charge >= 0.3 is 0 Å². The van der Waals surface area contributed by atoms with Crippen molar-refractivity contribution in [1.29, 1.82) is 0 Å². The van der Waals surface area contributed by atoms with Crippen molar-refractivity contribution in [2.75, 3.05) is 20.1 Å². The van der Waals surface area contributed by atoms with Gasteiger partial charge in [-0.3, -0.25) is 9.79 Å². The Morgan fingerprint density at radius 1 is 1.28 bits per heavy atom. The van der Waals surface area contributed by atoms with Gasteiger partial charge in [0.1, 0.15) is 0 Å². The molecule has 0 fully saturated rings. The summed E-state index contributed by atoms with van der Waals surface area (Å²) in [4.78, 5) is 21.2. The van der Waals surface area contributed by atoms with E-state index >= 15 is 0 Å². The molecule has 0 saturated carbocycles. The zero-order chi connectivity index (χ0) is 16.8. The van der Waals surface area contributed by atoms with Crippen LogP contribution < -0.4 is 10.6 Å². The van der Waals surface area contributed by atoms with Crippen molar-refractivity contribution in [3.05, 3.63) is 44.3 Å². The van der Waals surface area contributed by atoms with E-state index in [0.29, 0.717) is 13.0 Å². The number of rotatable bonds is 5. The molecule has 0 atom stereocenters. The molecule has 0 bridgehead atoms. The van der Waals surface area contributed by atoms with Crippen molar-refractivity contribution in [2.24, 2.45) is 4.99 Å².